The van der Waals surface area contributed by atoms with E-state index < -0.39 is 23.8 Å². The van der Waals surface area contributed by atoms with Crippen LogP contribution in [-0.2, 0) is 4.74 Å². The number of esters is 1. The van der Waals surface area contributed by atoms with Gasteiger partial charge in [0.25, 0.3) is 12.3 Å². The van der Waals surface area contributed by atoms with Gasteiger partial charge in [0.05, 0.1) is 6.61 Å². The topological polar surface area (TPSA) is 65.5 Å². The highest BCUT2D eigenvalue weighted by atomic mass is 79.9. The molecule has 0 saturated heterocycles. The van der Waals surface area contributed by atoms with Gasteiger partial charge in [0, 0.05) is 0 Å². The summed E-state index contributed by atoms with van der Waals surface area (Å²) in [5, 5.41) is 0. The van der Waals surface area contributed by atoms with Crippen molar-refractivity contribution >= 4 is 21.9 Å². The lowest BCUT2D eigenvalue weighted by Gasteiger charge is -1.99. The van der Waals surface area contributed by atoms with Crippen molar-refractivity contribution in [2.24, 2.45) is 0 Å². The van der Waals surface area contributed by atoms with Crippen LogP contribution in [0.15, 0.2) is 25.6 Å². The van der Waals surface area contributed by atoms with Crippen LogP contribution in [0.4, 0.5) is 8.78 Å². The maximum atomic E-state index is 12.8. The number of hydrogen-bond donors (Lipinski definition) is 0. The van der Waals surface area contributed by atoms with Gasteiger partial charge < -0.3 is 13.6 Å². The normalized spacial score (nSPS) is 11.0. The number of rotatable bonds is 4. The second kappa shape index (κ2) is 5.52. The summed E-state index contributed by atoms with van der Waals surface area (Å²) in [6.45, 7) is 1.60. The fourth-order valence-electron chi connectivity index (χ4n) is 1.36. The molecule has 0 radical (unpaired) electrons. The van der Waals surface area contributed by atoms with E-state index in [1.165, 1.54) is 6.07 Å². The summed E-state index contributed by atoms with van der Waals surface area (Å²) >= 11 is 3.06. The molecule has 0 aromatic carbocycles. The van der Waals surface area contributed by atoms with Gasteiger partial charge in [0.1, 0.15) is 0 Å². The quantitative estimate of drug-likeness (QED) is 0.795. The minimum atomic E-state index is -2.95. The highest BCUT2D eigenvalue weighted by Gasteiger charge is 2.28. The number of carbonyl (C=O) groups is 1. The predicted octanol–water partition coefficient (Wildman–Crippen LogP) is 3.81. The molecule has 0 bridgehead atoms. The molecular formula is C11H8BrF2NO4. The van der Waals surface area contributed by atoms with Crippen molar-refractivity contribution in [3.8, 4) is 11.7 Å². The lowest BCUT2D eigenvalue weighted by Crippen LogP contribution is -2.06. The Morgan fingerprint density at radius 1 is 1.47 bits per heavy atom. The summed E-state index contributed by atoms with van der Waals surface area (Å²) in [4.78, 5) is 15.1. The monoisotopic (exact) mass is 335 g/mol. The molecule has 0 atom stereocenters. The van der Waals surface area contributed by atoms with Crippen molar-refractivity contribution in [3.63, 3.8) is 0 Å². The zero-order chi connectivity index (χ0) is 14.0. The van der Waals surface area contributed by atoms with Gasteiger partial charge in [-0.15, -0.1) is 0 Å². The van der Waals surface area contributed by atoms with Crippen molar-refractivity contribution in [2.45, 2.75) is 13.3 Å². The highest BCUT2D eigenvalue weighted by molar-refractivity contribution is 9.10. The van der Waals surface area contributed by atoms with Gasteiger partial charge in [0.2, 0.25) is 5.76 Å². The molecule has 2 aromatic rings. The first-order valence-electron chi connectivity index (χ1n) is 5.24. The average Bonchev–Trinajstić information content (AvgIpc) is 2.94. The molecule has 0 fully saturated rings. The van der Waals surface area contributed by atoms with Gasteiger partial charge in [-0.25, -0.2) is 18.6 Å². The van der Waals surface area contributed by atoms with E-state index in [0.717, 1.165) is 0 Å². The SMILES string of the molecule is CCOC(=O)c1oc(-c2ccc(Br)o2)nc1C(F)F. The highest BCUT2D eigenvalue weighted by Crippen LogP contribution is 2.30. The van der Waals surface area contributed by atoms with Crippen LogP contribution >= 0.6 is 15.9 Å². The molecule has 8 heteroatoms. The first-order chi connectivity index (χ1) is 9.02. The Kier molecular flexibility index (Phi) is 3.98. The zero-order valence-electron chi connectivity index (χ0n) is 9.65. The molecule has 0 aliphatic heterocycles. The number of nitrogens with zero attached hydrogens (tertiary/aromatic N) is 1. The van der Waals surface area contributed by atoms with Crippen molar-refractivity contribution in [3.05, 3.63) is 28.3 Å². The Balaban J connectivity index is 2.43. The molecule has 0 aliphatic carbocycles. The van der Waals surface area contributed by atoms with Crippen LogP contribution in [-0.4, -0.2) is 17.6 Å². The lowest BCUT2D eigenvalue weighted by atomic mass is 10.3. The maximum absolute atomic E-state index is 12.8. The first-order valence-corrected chi connectivity index (χ1v) is 6.04. The molecule has 0 saturated carbocycles. The molecule has 0 aliphatic rings. The van der Waals surface area contributed by atoms with E-state index in [2.05, 4.69) is 25.7 Å². The smallest absolute Gasteiger partial charge is 0.376 e. The first kappa shape index (κ1) is 13.7. The largest absolute Gasteiger partial charge is 0.460 e. The number of oxazole rings is 1. The van der Waals surface area contributed by atoms with Gasteiger partial charge in [-0.2, -0.15) is 0 Å². The molecule has 2 rings (SSSR count). The lowest BCUT2D eigenvalue weighted by molar-refractivity contribution is 0.0476. The molecule has 0 spiro atoms. The summed E-state index contributed by atoms with van der Waals surface area (Å²) in [5.74, 6) is -1.67. The minimum Gasteiger partial charge on any atom is -0.460 e. The number of halogens is 3. The van der Waals surface area contributed by atoms with E-state index in [-0.39, 0.29) is 18.3 Å². The minimum absolute atomic E-state index is 0.0455. The Hall–Kier alpha value is -1.70. The zero-order valence-corrected chi connectivity index (χ0v) is 11.2. The Bertz CT molecular complexity index is 593. The summed E-state index contributed by atoms with van der Waals surface area (Å²) < 4.78 is 40.7. The maximum Gasteiger partial charge on any atom is 0.376 e. The van der Waals surface area contributed by atoms with E-state index in [1.807, 2.05) is 0 Å². The van der Waals surface area contributed by atoms with Gasteiger partial charge in [0.15, 0.2) is 16.1 Å². The fourth-order valence-corrected chi connectivity index (χ4v) is 1.66. The predicted molar refractivity (Wildman–Crippen MR) is 62.8 cm³/mol. The average molecular weight is 336 g/mol. The number of aromatic nitrogens is 1. The third-order valence-corrected chi connectivity index (χ3v) is 2.53. The second-order valence-electron chi connectivity index (χ2n) is 3.36. The Morgan fingerprint density at radius 3 is 2.74 bits per heavy atom. The van der Waals surface area contributed by atoms with Crippen LogP contribution in [0.3, 0.4) is 0 Å². The van der Waals surface area contributed by atoms with Gasteiger partial charge in [-0.05, 0) is 35.0 Å². The van der Waals surface area contributed by atoms with E-state index in [4.69, 9.17) is 8.83 Å². The Labute approximate surface area is 114 Å². The van der Waals surface area contributed by atoms with Crippen molar-refractivity contribution < 1.29 is 27.1 Å². The molecule has 5 nitrogen and oxygen atoms in total. The van der Waals surface area contributed by atoms with E-state index >= 15 is 0 Å². The van der Waals surface area contributed by atoms with Crippen molar-refractivity contribution in [1.82, 2.24) is 4.98 Å². The number of alkyl halides is 2. The van der Waals surface area contributed by atoms with E-state index in [1.54, 1.807) is 13.0 Å². The van der Waals surface area contributed by atoms with Gasteiger partial charge in [-0.1, -0.05) is 0 Å². The van der Waals surface area contributed by atoms with Gasteiger partial charge in [-0.3, -0.25) is 0 Å². The van der Waals surface area contributed by atoms with Crippen LogP contribution in [0.1, 0.15) is 29.6 Å². The van der Waals surface area contributed by atoms with Crippen LogP contribution < -0.4 is 0 Å². The van der Waals surface area contributed by atoms with Crippen LogP contribution in [0.2, 0.25) is 0 Å². The second-order valence-corrected chi connectivity index (χ2v) is 4.14. The van der Waals surface area contributed by atoms with Crippen LogP contribution in [0, 0.1) is 0 Å². The van der Waals surface area contributed by atoms with E-state index in [9.17, 15) is 13.6 Å². The standard InChI is InChI=1S/C11H8BrF2NO4/c1-2-17-11(16)8-7(9(13)14)15-10(19-8)5-3-4-6(12)18-5/h3-4,9H,2H2,1H3. The van der Waals surface area contributed by atoms with E-state index in [0.29, 0.717) is 4.67 Å². The molecule has 102 valence electrons. The summed E-state index contributed by atoms with van der Waals surface area (Å²) in [6, 6.07) is 3.02. The summed E-state index contributed by atoms with van der Waals surface area (Å²) in [6.07, 6.45) is -2.95. The number of hydrogen-bond acceptors (Lipinski definition) is 5. The Morgan fingerprint density at radius 2 is 2.21 bits per heavy atom. The van der Waals surface area contributed by atoms with Crippen LogP contribution in [0.25, 0.3) is 11.7 Å². The fraction of sp³-hybridized carbons (Fsp3) is 0.273. The summed E-state index contributed by atoms with van der Waals surface area (Å²) in [5.41, 5.74) is -0.763. The van der Waals surface area contributed by atoms with Crippen molar-refractivity contribution in [2.75, 3.05) is 6.61 Å². The van der Waals surface area contributed by atoms with Crippen molar-refractivity contribution in [1.29, 1.82) is 0 Å². The third kappa shape index (κ3) is 2.83. The number of furan rings is 1. The van der Waals surface area contributed by atoms with Gasteiger partial charge >= 0.3 is 5.97 Å². The molecule has 19 heavy (non-hydrogen) atoms. The number of ether oxygens (including phenoxy) is 1. The molecule has 0 unspecified atom stereocenters. The number of carbonyl (C=O) groups excluding carboxylic acids is 1. The molecule has 0 N–H and O–H groups in total. The molecule has 2 heterocycles. The summed E-state index contributed by atoms with van der Waals surface area (Å²) in [7, 11) is 0. The third-order valence-electron chi connectivity index (χ3n) is 2.10. The molecule has 0 amide bonds. The van der Waals surface area contributed by atoms with Crippen LogP contribution in [0.5, 0.6) is 0 Å². The molecular weight excluding hydrogens is 328 g/mol. The molecule has 2 aromatic heterocycles.